The molecule has 3 aromatic heterocycles. The third kappa shape index (κ3) is 13.5. The quantitative estimate of drug-likeness (QED) is 0.0475. The van der Waals surface area contributed by atoms with Crippen LogP contribution in [0, 0.1) is 48.4 Å². The molecule has 29 heteroatoms. The minimum Gasteiger partial charge on any atom is -0.444 e. The molecule has 11 N–H and O–H groups in total. The molecule has 10 rings (SSSR count). The molecule has 2 saturated heterocycles. The van der Waals surface area contributed by atoms with E-state index in [1.165, 1.54) is 40.1 Å². The molecule has 5 aromatic carbocycles. The van der Waals surface area contributed by atoms with Crippen LogP contribution in [-0.2, 0) is 23.8 Å². The summed E-state index contributed by atoms with van der Waals surface area (Å²) in [7, 11) is 0. The lowest BCUT2D eigenvalue weighted by Crippen LogP contribution is -2.55. The summed E-state index contributed by atoms with van der Waals surface area (Å²) < 4.78 is 111. The monoisotopic (exact) mass is 1120 g/mol. The van der Waals surface area contributed by atoms with Gasteiger partial charge in [-0.05, 0) is 76.2 Å². The van der Waals surface area contributed by atoms with Crippen molar-refractivity contribution in [3.63, 3.8) is 0 Å². The summed E-state index contributed by atoms with van der Waals surface area (Å²) >= 11 is 0. The van der Waals surface area contributed by atoms with Crippen molar-refractivity contribution in [2.45, 2.75) is 45.5 Å². The first-order chi connectivity index (χ1) is 37.8. The van der Waals surface area contributed by atoms with Crippen LogP contribution >= 0.6 is 0 Å². The maximum atomic E-state index is 14.5. The average Bonchev–Trinajstić information content (AvgIpc) is 4.08. The van der Waals surface area contributed by atoms with Crippen LogP contribution in [0.2, 0.25) is 0 Å². The van der Waals surface area contributed by atoms with Crippen LogP contribution in [0.15, 0.2) is 80.3 Å². The highest BCUT2D eigenvalue weighted by Gasteiger charge is 2.40. The van der Waals surface area contributed by atoms with E-state index in [0.717, 1.165) is 36.4 Å². The first kappa shape index (κ1) is 58.0. The molecule has 2 aliphatic rings. The zero-order chi connectivity index (χ0) is 58.3. The molecule has 23 nitrogen and oxygen atoms in total. The van der Waals surface area contributed by atoms with Crippen LogP contribution in [0.4, 0.5) is 76.9 Å². The number of hydrogen-bond donors (Lipinski definition) is 7. The largest absolute Gasteiger partial charge is 0.444 e. The van der Waals surface area contributed by atoms with Crippen LogP contribution < -0.4 is 38.5 Å². The maximum absolute atomic E-state index is 14.5. The van der Waals surface area contributed by atoms with Crippen molar-refractivity contribution in [2.24, 2.45) is 0 Å². The highest BCUT2D eigenvalue weighted by atomic mass is 19.1. The molecular formula is C51H48F6N12O11. The predicted molar refractivity (Wildman–Crippen MR) is 277 cm³/mol. The number of nitrogens with one attached hydrogen (secondary N) is 2. The average molecular weight is 1120 g/mol. The number of anilines is 7. The highest BCUT2D eigenvalue weighted by Crippen LogP contribution is 2.31. The zero-order valence-corrected chi connectivity index (χ0v) is 42.5. The number of hydrogen-bond acceptors (Lipinski definition) is 18. The Labute approximate surface area is 448 Å². The van der Waals surface area contributed by atoms with Crippen molar-refractivity contribution in [1.82, 2.24) is 20.4 Å². The van der Waals surface area contributed by atoms with E-state index in [1.807, 2.05) is 0 Å². The van der Waals surface area contributed by atoms with E-state index in [4.69, 9.17) is 57.3 Å². The van der Waals surface area contributed by atoms with E-state index in [1.54, 1.807) is 27.7 Å². The van der Waals surface area contributed by atoms with Crippen molar-refractivity contribution in [2.75, 3.05) is 77.9 Å². The van der Waals surface area contributed by atoms with Gasteiger partial charge in [0, 0.05) is 48.9 Å². The molecule has 0 bridgehead atoms. The van der Waals surface area contributed by atoms with Crippen LogP contribution in [-0.4, -0.2) is 107 Å². The summed E-state index contributed by atoms with van der Waals surface area (Å²) in [5, 5.41) is 27.0. The maximum Gasteiger partial charge on any atom is 0.412 e. The van der Waals surface area contributed by atoms with Gasteiger partial charge >= 0.3 is 6.09 Å². The SMILES string of the molecule is CC(C)(C)OC(=O)Nc1cc2onc(N)c2cc1F.Cc1noc2cc(N)c(F)cc12.Nc1noc2cc(NC(=O)[C@H](O)[C@H]3OCCN(c4ccc(F)c(C(=O)N5CCOCC5)c4)C3=O)c(F)cc12.[C-]#[N+]c1cc(F)c(N)cc1F. The molecule has 0 spiro atoms. The molecule has 5 heterocycles. The Balaban J connectivity index is 0.000000180. The second-order valence-electron chi connectivity index (χ2n) is 18.3. The lowest BCUT2D eigenvalue weighted by Gasteiger charge is -2.34. The number of morpholine rings is 2. The lowest BCUT2D eigenvalue weighted by molar-refractivity contribution is -0.150. The molecule has 0 saturated carbocycles. The first-order valence-electron chi connectivity index (χ1n) is 23.5. The summed E-state index contributed by atoms with van der Waals surface area (Å²) in [4.78, 5) is 55.7. The fourth-order valence-electron chi connectivity index (χ4n) is 7.50. The molecule has 2 fully saturated rings. The standard InChI is InChI=1S/C24H23F2N5O7.C12H14FN3O3.C8H7FN2O.C7H4F2N2/c25-15-2-1-12(9-13(15)23(34)30-3-6-36-7-4-30)31-5-8-37-20(24(31)35)19(32)22(33)28-17-11-18-14(10-16(17)26)21(27)29-38-18;1-12(2,3)18-11(17)15-8-5-9-6(4-7(8)13)10(14)16-19-9;1-4-5-2-6(9)7(10)3-8(5)12-11-4;1-11-7-3-4(8)6(10)2-5(7)9/h1-2,9-11,19-20,32H,3-8H2,(H2,27,29)(H,28,33);4-5H,1-3H3,(H2,14,16)(H,15,17);2-3H,10H2,1H3;2-3H,10H2/t19-,20-;;;/m1.../s1. The number of nitrogens with two attached hydrogens (primary N) is 4. The molecule has 2 atom stereocenters. The van der Waals surface area contributed by atoms with Crippen molar-refractivity contribution in [3.05, 3.63) is 124 Å². The number of amides is 4. The van der Waals surface area contributed by atoms with Gasteiger partial charge in [0.25, 0.3) is 17.7 Å². The number of nitrogens with zero attached hydrogens (tertiary/aromatic N) is 6. The number of aromatic nitrogens is 3. The van der Waals surface area contributed by atoms with Gasteiger partial charge in [0.1, 0.15) is 40.5 Å². The van der Waals surface area contributed by atoms with E-state index in [-0.39, 0.29) is 81.0 Å². The topological polar surface area (TPSA) is 333 Å². The van der Waals surface area contributed by atoms with Crippen molar-refractivity contribution >= 4 is 102 Å². The number of rotatable bonds is 6. The fourth-order valence-corrected chi connectivity index (χ4v) is 7.50. The van der Waals surface area contributed by atoms with Crippen molar-refractivity contribution in [3.8, 4) is 0 Å². The predicted octanol–water partition coefficient (Wildman–Crippen LogP) is 7.74. The van der Waals surface area contributed by atoms with E-state index in [0.29, 0.717) is 48.4 Å². The van der Waals surface area contributed by atoms with E-state index >= 15 is 0 Å². The van der Waals surface area contributed by atoms with E-state index in [2.05, 4.69) is 30.9 Å². The summed E-state index contributed by atoms with van der Waals surface area (Å²) in [5.74, 6) is -6.65. The number of aliphatic hydroxyl groups is 1. The van der Waals surface area contributed by atoms with Crippen molar-refractivity contribution < 1.29 is 78.4 Å². The second kappa shape index (κ2) is 24.3. The third-order valence-electron chi connectivity index (χ3n) is 11.5. The van der Waals surface area contributed by atoms with Gasteiger partial charge in [-0.2, -0.15) is 0 Å². The lowest BCUT2D eigenvalue weighted by atomic mass is 10.1. The number of nitrogen functional groups attached to an aromatic ring is 4. The van der Waals surface area contributed by atoms with Gasteiger partial charge in [0.05, 0.1) is 71.2 Å². The summed E-state index contributed by atoms with van der Waals surface area (Å²) in [6, 6.07) is 12.6. The molecular weight excluding hydrogens is 1070 g/mol. The Hall–Kier alpha value is -9.66. The second-order valence-corrected chi connectivity index (χ2v) is 18.3. The molecule has 4 amide bonds. The minimum atomic E-state index is -2.02. The number of fused-ring (bicyclic) bond motifs is 3. The molecule has 420 valence electrons. The molecule has 0 radical (unpaired) electrons. The van der Waals surface area contributed by atoms with Gasteiger partial charge in [-0.25, -0.2) is 36.0 Å². The van der Waals surface area contributed by atoms with E-state index in [9.17, 15) is 50.6 Å². The molecule has 2 aliphatic heterocycles. The number of aliphatic hydroxyl groups excluding tert-OH is 1. The molecule has 8 aromatic rings. The highest BCUT2D eigenvalue weighted by molar-refractivity contribution is 6.05. The minimum absolute atomic E-state index is 0.0265. The van der Waals surface area contributed by atoms with Gasteiger partial charge in [0.2, 0.25) is 5.69 Å². The Bertz CT molecular complexity index is 3690. The Morgan fingerprint density at radius 2 is 1.26 bits per heavy atom. The zero-order valence-electron chi connectivity index (χ0n) is 42.5. The van der Waals surface area contributed by atoms with E-state index < -0.39 is 76.5 Å². The number of halogens is 6. The smallest absolute Gasteiger partial charge is 0.412 e. The van der Waals surface area contributed by atoms with Crippen LogP contribution in [0.5, 0.6) is 0 Å². The fraction of sp³-hybridized carbons (Fsp3) is 0.255. The van der Waals surface area contributed by atoms with Gasteiger partial charge in [0.15, 0.2) is 40.6 Å². The van der Waals surface area contributed by atoms with Gasteiger partial charge in [-0.3, -0.25) is 19.7 Å². The van der Waals surface area contributed by atoms with Gasteiger partial charge in [-0.1, -0.05) is 15.5 Å². The molecule has 0 unspecified atom stereocenters. The Morgan fingerprint density at radius 1 is 0.713 bits per heavy atom. The van der Waals surface area contributed by atoms with Crippen LogP contribution in [0.1, 0.15) is 36.8 Å². The summed E-state index contributed by atoms with van der Waals surface area (Å²) in [6.45, 7) is 14.6. The third-order valence-corrected chi connectivity index (χ3v) is 11.5. The molecule has 80 heavy (non-hydrogen) atoms. The normalized spacial score (nSPS) is 14.7. The van der Waals surface area contributed by atoms with Gasteiger partial charge < -0.3 is 70.9 Å². The van der Waals surface area contributed by atoms with Crippen LogP contribution in [0.25, 0.3) is 37.8 Å². The summed E-state index contributed by atoms with van der Waals surface area (Å²) in [5.41, 5.74) is 21.4. The van der Waals surface area contributed by atoms with Crippen molar-refractivity contribution in [1.29, 1.82) is 0 Å². The number of carbonyl (C=O) groups excluding carboxylic acids is 4. The number of ether oxygens (including phenoxy) is 3. The number of carbonyl (C=O) groups is 4. The Morgan fingerprint density at radius 3 is 1.86 bits per heavy atom. The van der Waals surface area contributed by atoms with Gasteiger partial charge in [-0.15, -0.1) is 0 Å². The summed E-state index contributed by atoms with van der Waals surface area (Å²) in [6.07, 6.45) is -4.41. The Kier molecular flexibility index (Phi) is 17.7. The first-order valence-corrected chi connectivity index (χ1v) is 23.5. The molecule has 0 aliphatic carbocycles. The van der Waals surface area contributed by atoms with Crippen LogP contribution in [0.3, 0.4) is 0 Å². The number of aryl methyl sites for hydroxylation is 1. The number of benzene rings is 5.